The van der Waals surface area contributed by atoms with Gasteiger partial charge in [0, 0.05) is 25.4 Å². The molecule has 2 heterocycles. The molecule has 30 heavy (non-hydrogen) atoms. The van der Waals surface area contributed by atoms with Crippen LogP contribution in [0.1, 0.15) is 40.6 Å². The van der Waals surface area contributed by atoms with Gasteiger partial charge in [0.25, 0.3) is 0 Å². The van der Waals surface area contributed by atoms with Crippen molar-refractivity contribution in [3.63, 3.8) is 0 Å². The third-order valence-electron chi connectivity index (χ3n) is 6.19. The quantitative estimate of drug-likeness (QED) is 0.678. The predicted octanol–water partition coefficient (Wildman–Crippen LogP) is 4.91. The van der Waals surface area contributed by atoms with Gasteiger partial charge in [-0.15, -0.1) is 0 Å². The van der Waals surface area contributed by atoms with E-state index in [1.165, 1.54) is 11.1 Å². The maximum Gasteiger partial charge on any atom is 0.318 e. The van der Waals surface area contributed by atoms with Crippen molar-refractivity contribution in [2.24, 2.45) is 0 Å². The second kappa shape index (κ2) is 8.23. The Bertz CT molecular complexity index is 980. The van der Waals surface area contributed by atoms with Gasteiger partial charge in [-0.3, -0.25) is 0 Å². The van der Waals surface area contributed by atoms with Crippen molar-refractivity contribution < 1.29 is 9.53 Å². The number of urea groups is 1. The number of rotatable bonds is 4. The molecule has 1 fully saturated rings. The lowest BCUT2D eigenvalue weighted by atomic mass is 9.96. The minimum absolute atomic E-state index is 0.000278. The number of amides is 2. The van der Waals surface area contributed by atoms with E-state index in [1.807, 2.05) is 41.3 Å². The van der Waals surface area contributed by atoms with Gasteiger partial charge in [-0.2, -0.15) is 0 Å². The van der Waals surface area contributed by atoms with Crippen molar-refractivity contribution in [1.29, 1.82) is 0 Å². The van der Waals surface area contributed by atoms with Gasteiger partial charge in [0.2, 0.25) is 0 Å². The van der Waals surface area contributed by atoms with Gasteiger partial charge in [0.1, 0.15) is 5.75 Å². The Morgan fingerprint density at radius 3 is 2.37 bits per heavy atom. The predicted molar refractivity (Wildman–Crippen MR) is 118 cm³/mol. The molecule has 152 valence electrons. The molecule has 0 bridgehead atoms. The van der Waals surface area contributed by atoms with Gasteiger partial charge < -0.3 is 15.0 Å². The average Bonchev–Trinajstić information content (AvgIpc) is 3.48. The number of nitrogens with one attached hydrogen (secondary N) is 1. The number of likely N-dealkylation sites (tertiary alicyclic amines) is 1. The van der Waals surface area contributed by atoms with E-state index in [-0.39, 0.29) is 12.1 Å². The highest BCUT2D eigenvalue weighted by atomic mass is 16.5. The smallest absolute Gasteiger partial charge is 0.318 e. The van der Waals surface area contributed by atoms with Crippen LogP contribution in [0.2, 0.25) is 0 Å². The van der Waals surface area contributed by atoms with Gasteiger partial charge in [0.15, 0.2) is 0 Å². The van der Waals surface area contributed by atoms with Gasteiger partial charge in [0.05, 0.1) is 12.6 Å². The third kappa shape index (κ3) is 3.78. The highest BCUT2D eigenvalue weighted by Gasteiger charge is 2.29. The molecule has 5 rings (SSSR count). The Balaban J connectivity index is 1.30. The summed E-state index contributed by atoms with van der Waals surface area (Å²) in [5, 5.41) is 3.27. The van der Waals surface area contributed by atoms with E-state index in [1.54, 1.807) is 0 Å². The van der Waals surface area contributed by atoms with Crippen LogP contribution in [0.4, 0.5) is 4.79 Å². The summed E-state index contributed by atoms with van der Waals surface area (Å²) in [7, 11) is 0. The van der Waals surface area contributed by atoms with Gasteiger partial charge in [-0.05, 0) is 34.7 Å². The number of fused-ring (bicyclic) bond motifs is 1. The first-order chi connectivity index (χ1) is 14.8. The second-order valence-electron chi connectivity index (χ2n) is 8.10. The van der Waals surface area contributed by atoms with E-state index in [9.17, 15) is 4.79 Å². The lowest BCUT2D eigenvalue weighted by Crippen LogP contribution is -2.40. The molecule has 0 saturated carbocycles. The van der Waals surface area contributed by atoms with Gasteiger partial charge in [-0.25, -0.2) is 4.79 Å². The van der Waals surface area contributed by atoms with Crippen LogP contribution < -0.4 is 10.1 Å². The van der Waals surface area contributed by atoms with Crippen LogP contribution in [0.5, 0.6) is 5.75 Å². The maximum absolute atomic E-state index is 13.2. The molecular formula is C26H26N2O2. The lowest BCUT2D eigenvalue weighted by Gasteiger charge is -2.24. The fraction of sp³-hybridized carbons (Fsp3) is 0.269. The minimum atomic E-state index is -0.156. The highest BCUT2D eigenvalue weighted by molar-refractivity contribution is 5.76. The molecule has 2 aliphatic rings. The summed E-state index contributed by atoms with van der Waals surface area (Å²) in [4.78, 5) is 15.1. The first kappa shape index (κ1) is 18.7. The molecule has 1 unspecified atom stereocenters. The summed E-state index contributed by atoms with van der Waals surface area (Å²) in [5.74, 6) is 1.40. The van der Waals surface area contributed by atoms with Crippen LogP contribution in [0.25, 0.3) is 0 Å². The van der Waals surface area contributed by atoms with Crippen LogP contribution >= 0.6 is 0 Å². The van der Waals surface area contributed by atoms with Crippen molar-refractivity contribution in [2.75, 3.05) is 19.7 Å². The Kier molecular flexibility index (Phi) is 5.14. The molecule has 4 heteroatoms. The summed E-state index contributed by atoms with van der Waals surface area (Å²) >= 11 is 0. The van der Waals surface area contributed by atoms with E-state index in [4.69, 9.17) is 4.74 Å². The van der Waals surface area contributed by atoms with Crippen molar-refractivity contribution in [1.82, 2.24) is 10.2 Å². The molecule has 2 amide bonds. The first-order valence-corrected chi connectivity index (χ1v) is 10.7. The van der Waals surface area contributed by atoms with Crippen molar-refractivity contribution >= 4 is 6.03 Å². The summed E-state index contributed by atoms with van der Waals surface area (Å²) in [5.41, 5.74) is 4.79. The number of ether oxygens (including phenoxy) is 1. The first-order valence-electron chi connectivity index (χ1n) is 10.7. The van der Waals surface area contributed by atoms with E-state index in [0.717, 1.165) is 49.4 Å². The largest absolute Gasteiger partial charge is 0.493 e. The molecule has 1 atom stereocenters. The van der Waals surface area contributed by atoms with Gasteiger partial charge >= 0.3 is 6.03 Å². The van der Waals surface area contributed by atoms with Crippen molar-refractivity contribution in [3.05, 3.63) is 101 Å². The number of carbonyl (C=O) groups is 1. The molecule has 2 aliphatic heterocycles. The molecule has 3 aromatic rings. The van der Waals surface area contributed by atoms with Crippen LogP contribution in [0.15, 0.2) is 78.9 Å². The normalized spacial score (nSPS) is 17.6. The summed E-state index contributed by atoms with van der Waals surface area (Å²) < 4.78 is 5.63. The zero-order valence-corrected chi connectivity index (χ0v) is 17.0. The monoisotopic (exact) mass is 398 g/mol. The number of hydrogen-bond donors (Lipinski definition) is 1. The maximum atomic E-state index is 13.2. The third-order valence-corrected chi connectivity index (χ3v) is 6.19. The van der Waals surface area contributed by atoms with Gasteiger partial charge in [-0.1, -0.05) is 72.8 Å². The highest BCUT2D eigenvalue weighted by Crippen LogP contribution is 2.33. The lowest BCUT2D eigenvalue weighted by molar-refractivity contribution is 0.205. The Labute approximate surface area is 177 Å². The summed E-state index contributed by atoms with van der Waals surface area (Å²) in [6.07, 6.45) is 1.98. The molecule has 0 aromatic heterocycles. The van der Waals surface area contributed by atoms with Crippen molar-refractivity contribution in [3.8, 4) is 5.75 Å². The van der Waals surface area contributed by atoms with Crippen LogP contribution in [-0.2, 0) is 6.42 Å². The SMILES string of the molecule is O=C(NC(c1ccccc1)c1ccccc1)N1CCC(c2ccc3c(c2)CCO3)C1. The molecule has 0 radical (unpaired) electrons. The van der Waals surface area contributed by atoms with Crippen LogP contribution in [0, 0.1) is 0 Å². The number of nitrogens with zero attached hydrogens (tertiary/aromatic N) is 1. The standard InChI is InChI=1S/C26H26N2O2/c29-26(27-25(19-7-3-1-4-8-19)20-9-5-2-6-10-20)28-15-13-23(18-28)21-11-12-24-22(17-21)14-16-30-24/h1-12,17,23,25H,13-16,18H2,(H,27,29). The minimum Gasteiger partial charge on any atom is -0.493 e. The average molecular weight is 399 g/mol. The number of hydrogen-bond acceptors (Lipinski definition) is 2. The molecule has 0 aliphatic carbocycles. The molecule has 1 N–H and O–H groups in total. The summed E-state index contributed by atoms with van der Waals surface area (Å²) in [6.45, 7) is 2.31. The molecular weight excluding hydrogens is 372 g/mol. The Morgan fingerprint density at radius 2 is 1.67 bits per heavy atom. The fourth-order valence-corrected chi connectivity index (χ4v) is 4.54. The molecule has 4 nitrogen and oxygen atoms in total. The Morgan fingerprint density at radius 1 is 0.967 bits per heavy atom. The van der Waals surface area contributed by atoms with Crippen molar-refractivity contribution in [2.45, 2.75) is 24.8 Å². The van der Waals surface area contributed by atoms with E-state index < -0.39 is 0 Å². The topological polar surface area (TPSA) is 41.6 Å². The number of carbonyl (C=O) groups excluding carboxylic acids is 1. The molecule has 3 aromatic carbocycles. The summed E-state index contributed by atoms with van der Waals surface area (Å²) in [6, 6.07) is 26.7. The number of benzene rings is 3. The zero-order chi connectivity index (χ0) is 20.3. The van der Waals surface area contributed by atoms with E-state index in [2.05, 4.69) is 47.8 Å². The molecule has 1 saturated heterocycles. The van der Waals surface area contributed by atoms with E-state index >= 15 is 0 Å². The second-order valence-corrected chi connectivity index (χ2v) is 8.10. The molecule has 0 spiro atoms. The van der Waals surface area contributed by atoms with Crippen LogP contribution in [-0.4, -0.2) is 30.6 Å². The zero-order valence-electron chi connectivity index (χ0n) is 17.0. The van der Waals surface area contributed by atoms with Crippen LogP contribution in [0.3, 0.4) is 0 Å². The Hall–Kier alpha value is -3.27. The fourth-order valence-electron chi connectivity index (χ4n) is 4.54. The van der Waals surface area contributed by atoms with E-state index in [0.29, 0.717) is 5.92 Å².